The van der Waals surface area contributed by atoms with Crippen LogP contribution in [0.15, 0.2) is 48.5 Å². The number of nitrogens with one attached hydrogen (secondary N) is 1. The zero-order valence-electron chi connectivity index (χ0n) is 19.5. The molecule has 2 amide bonds. The molecule has 1 N–H and O–H groups in total. The Labute approximate surface area is 205 Å². The third-order valence-corrected chi connectivity index (χ3v) is 6.57. The summed E-state index contributed by atoms with van der Waals surface area (Å²) in [6, 6.07) is 10.1. The first-order valence-corrected chi connectivity index (χ1v) is 11.7. The maximum atomic E-state index is 13.2. The van der Waals surface area contributed by atoms with Gasteiger partial charge in [-0.3, -0.25) is 0 Å². The summed E-state index contributed by atoms with van der Waals surface area (Å²) in [4.78, 5) is 16.7. The molecule has 2 aliphatic rings. The molecule has 2 aliphatic heterocycles. The van der Waals surface area contributed by atoms with E-state index >= 15 is 0 Å². The number of alkyl halides is 6. The summed E-state index contributed by atoms with van der Waals surface area (Å²) in [6.07, 6.45) is -7.62. The summed E-state index contributed by atoms with van der Waals surface area (Å²) < 4.78 is 84.8. The van der Waals surface area contributed by atoms with E-state index in [1.54, 1.807) is 35.2 Å². The molecule has 196 valence electrons. The second-order valence-corrected chi connectivity index (χ2v) is 9.26. The molecule has 11 heteroatoms. The van der Waals surface area contributed by atoms with E-state index in [-0.39, 0.29) is 30.8 Å². The fourth-order valence-corrected chi connectivity index (χ4v) is 4.70. The van der Waals surface area contributed by atoms with E-state index in [2.05, 4.69) is 10.2 Å². The second-order valence-electron chi connectivity index (χ2n) is 9.26. The summed E-state index contributed by atoms with van der Waals surface area (Å²) in [5.41, 5.74) is -3.29. The molecule has 0 saturated carbocycles. The van der Waals surface area contributed by atoms with Gasteiger partial charge < -0.3 is 19.9 Å². The van der Waals surface area contributed by atoms with E-state index in [1.807, 2.05) is 0 Å². The highest BCUT2D eigenvalue weighted by Gasteiger charge is 2.44. The van der Waals surface area contributed by atoms with Gasteiger partial charge in [-0.2, -0.15) is 26.3 Å². The first kappa shape index (κ1) is 26.3. The van der Waals surface area contributed by atoms with Crippen LogP contribution in [0.2, 0.25) is 0 Å². The molecule has 0 radical (unpaired) electrons. The average Bonchev–Trinajstić information content (AvgIpc) is 3.45. The number of amides is 2. The summed E-state index contributed by atoms with van der Waals surface area (Å²) in [7, 11) is 0. The first-order chi connectivity index (χ1) is 17.0. The molecule has 4 rings (SSSR count). The van der Waals surface area contributed by atoms with Crippen LogP contribution in [0.1, 0.15) is 35.1 Å². The molecule has 2 saturated heterocycles. The third-order valence-electron chi connectivity index (χ3n) is 6.57. The minimum atomic E-state index is -4.93. The molecular formula is C25H27F6N3O2. The van der Waals surface area contributed by atoms with Crippen molar-refractivity contribution in [2.75, 3.05) is 39.3 Å². The number of rotatable bonds is 8. The number of halogens is 6. The van der Waals surface area contributed by atoms with Gasteiger partial charge in [-0.25, -0.2) is 4.79 Å². The Balaban J connectivity index is 1.50. The van der Waals surface area contributed by atoms with Crippen LogP contribution in [0.4, 0.5) is 31.1 Å². The lowest BCUT2D eigenvalue weighted by molar-refractivity contribution is -0.143. The van der Waals surface area contributed by atoms with Crippen molar-refractivity contribution in [3.05, 3.63) is 70.8 Å². The molecule has 1 unspecified atom stereocenters. The van der Waals surface area contributed by atoms with Crippen molar-refractivity contribution in [1.82, 2.24) is 15.1 Å². The lowest BCUT2D eigenvalue weighted by atomic mass is 9.91. The van der Waals surface area contributed by atoms with E-state index in [9.17, 15) is 31.1 Å². The van der Waals surface area contributed by atoms with E-state index < -0.39 is 35.6 Å². The minimum absolute atomic E-state index is 0.0877. The standard InChI is InChI=1S/C25H27F6N3O2/c26-24(27,28)20-12-18(13-21(14-20)25(29,30)31)15-36-17-23(19-6-2-1-3-7-19)16-34(22(35)32-23)11-10-33-8-4-5-9-33/h1-3,6-7,12-14H,4-5,8-11,15-17H2,(H,32,35). The Bertz CT molecular complexity index is 1020. The van der Waals surface area contributed by atoms with Crippen LogP contribution in [-0.2, 0) is 29.2 Å². The van der Waals surface area contributed by atoms with Crippen LogP contribution in [0.25, 0.3) is 0 Å². The van der Waals surface area contributed by atoms with Gasteiger partial charge in [0, 0.05) is 13.1 Å². The number of carbonyl (C=O) groups is 1. The number of benzene rings is 2. The first-order valence-electron chi connectivity index (χ1n) is 11.7. The largest absolute Gasteiger partial charge is 0.416 e. The van der Waals surface area contributed by atoms with Crippen molar-refractivity contribution in [3.8, 4) is 0 Å². The van der Waals surface area contributed by atoms with E-state index in [0.717, 1.165) is 38.0 Å². The smallest absolute Gasteiger partial charge is 0.374 e. The van der Waals surface area contributed by atoms with Crippen molar-refractivity contribution >= 4 is 6.03 Å². The molecule has 0 aromatic heterocycles. The van der Waals surface area contributed by atoms with Gasteiger partial charge in [-0.15, -0.1) is 0 Å². The Morgan fingerprint density at radius 3 is 2.08 bits per heavy atom. The minimum Gasteiger partial charge on any atom is -0.374 e. The second kappa shape index (κ2) is 10.3. The van der Waals surface area contributed by atoms with Crippen molar-refractivity contribution < 1.29 is 35.9 Å². The summed E-state index contributed by atoms with van der Waals surface area (Å²) in [5, 5.41) is 2.95. The molecule has 0 aliphatic carbocycles. The highest BCUT2D eigenvalue weighted by molar-refractivity contribution is 5.78. The zero-order valence-corrected chi connectivity index (χ0v) is 19.5. The fraction of sp³-hybridized carbons (Fsp3) is 0.480. The highest BCUT2D eigenvalue weighted by atomic mass is 19.4. The van der Waals surface area contributed by atoms with Gasteiger partial charge in [0.15, 0.2) is 0 Å². The van der Waals surface area contributed by atoms with Crippen LogP contribution in [0.3, 0.4) is 0 Å². The number of ether oxygens (including phenoxy) is 1. The van der Waals surface area contributed by atoms with Crippen molar-refractivity contribution in [3.63, 3.8) is 0 Å². The third kappa shape index (κ3) is 6.12. The normalized spacial score (nSPS) is 21.3. The quantitative estimate of drug-likeness (QED) is 0.488. The molecule has 1 atom stereocenters. The number of urea groups is 1. The number of carbonyl (C=O) groups excluding carboxylic acids is 1. The molecular weight excluding hydrogens is 488 g/mol. The Kier molecular flexibility index (Phi) is 7.51. The Morgan fingerprint density at radius 1 is 0.889 bits per heavy atom. The van der Waals surface area contributed by atoms with Crippen LogP contribution in [0, 0.1) is 0 Å². The van der Waals surface area contributed by atoms with Crippen LogP contribution in [-0.4, -0.2) is 55.2 Å². The van der Waals surface area contributed by atoms with Crippen LogP contribution < -0.4 is 5.32 Å². The van der Waals surface area contributed by atoms with Gasteiger partial charge >= 0.3 is 18.4 Å². The number of hydrogen-bond acceptors (Lipinski definition) is 3. The maximum Gasteiger partial charge on any atom is 0.416 e. The molecule has 0 bridgehead atoms. The average molecular weight is 515 g/mol. The number of nitrogens with zero attached hydrogens (tertiary/aromatic N) is 2. The SMILES string of the molecule is O=C1NC(COCc2cc(C(F)(F)F)cc(C(F)(F)F)c2)(c2ccccc2)CN1CCN1CCCC1. The molecule has 0 spiro atoms. The molecule has 2 aromatic rings. The lowest BCUT2D eigenvalue weighted by Gasteiger charge is -2.29. The molecule has 5 nitrogen and oxygen atoms in total. The van der Waals surface area contributed by atoms with Gasteiger partial charge in [0.25, 0.3) is 0 Å². The molecule has 2 aromatic carbocycles. The van der Waals surface area contributed by atoms with Gasteiger partial charge in [0.05, 0.1) is 30.9 Å². The van der Waals surface area contributed by atoms with Gasteiger partial charge in [0.2, 0.25) is 0 Å². The monoisotopic (exact) mass is 515 g/mol. The molecule has 2 heterocycles. The van der Waals surface area contributed by atoms with Gasteiger partial charge in [-0.1, -0.05) is 30.3 Å². The summed E-state index contributed by atoms with van der Waals surface area (Å²) >= 11 is 0. The topological polar surface area (TPSA) is 44.8 Å². The van der Waals surface area contributed by atoms with Crippen molar-refractivity contribution in [2.24, 2.45) is 0 Å². The van der Waals surface area contributed by atoms with Crippen LogP contribution >= 0.6 is 0 Å². The Morgan fingerprint density at radius 2 is 1.50 bits per heavy atom. The fourth-order valence-electron chi connectivity index (χ4n) is 4.70. The van der Waals surface area contributed by atoms with Gasteiger partial charge in [0.1, 0.15) is 5.54 Å². The van der Waals surface area contributed by atoms with E-state index in [0.29, 0.717) is 18.7 Å². The molecule has 36 heavy (non-hydrogen) atoms. The zero-order chi connectivity index (χ0) is 26.0. The molecule has 2 fully saturated rings. The van der Waals surface area contributed by atoms with Crippen molar-refractivity contribution in [2.45, 2.75) is 37.3 Å². The summed E-state index contributed by atoms with van der Waals surface area (Å²) in [6.45, 7) is 2.86. The Hall–Kier alpha value is -2.79. The number of likely N-dealkylation sites (tertiary alicyclic amines) is 1. The van der Waals surface area contributed by atoms with E-state index in [4.69, 9.17) is 4.74 Å². The lowest BCUT2D eigenvalue weighted by Crippen LogP contribution is -2.44. The van der Waals surface area contributed by atoms with Crippen molar-refractivity contribution in [1.29, 1.82) is 0 Å². The maximum absolute atomic E-state index is 13.2. The number of hydrogen-bond donors (Lipinski definition) is 1. The predicted molar refractivity (Wildman–Crippen MR) is 120 cm³/mol. The predicted octanol–water partition coefficient (Wildman–Crippen LogP) is 5.26. The highest BCUT2D eigenvalue weighted by Crippen LogP contribution is 2.37. The summed E-state index contributed by atoms with van der Waals surface area (Å²) in [5.74, 6) is 0. The van der Waals surface area contributed by atoms with Gasteiger partial charge in [-0.05, 0) is 55.3 Å². The van der Waals surface area contributed by atoms with E-state index in [1.165, 1.54) is 0 Å². The van der Waals surface area contributed by atoms with Crippen LogP contribution in [0.5, 0.6) is 0 Å².